The van der Waals surface area contributed by atoms with Crippen LogP contribution in [0.15, 0.2) is 48.7 Å². The number of hydrogen-bond donors (Lipinski definition) is 1. The van der Waals surface area contributed by atoms with E-state index in [0.717, 1.165) is 22.2 Å². The summed E-state index contributed by atoms with van der Waals surface area (Å²) in [5.41, 5.74) is 8.25. The van der Waals surface area contributed by atoms with E-state index in [-0.39, 0.29) is 12.4 Å². The molecule has 0 spiro atoms. The molecule has 0 amide bonds. The van der Waals surface area contributed by atoms with Gasteiger partial charge in [-0.3, -0.25) is 0 Å². The van der Waals surface area contributed by atoms with Crippen LogP contribution in [0.2, 0.25) is 0 Å². The van der Waals surface area contributed by atoms with Gasteiger partial charge >= 0.3 is 0 Å². The monoisotopic (exact) mass is 284 g/mol. The highest BCUT2D eigenvalue weighted by Crippen LogP contribution is 2.23. The summed E-state index contributed by atoms with van der Waals surface area (Å²) < 4.78 is 20.8. The Hall–Kier alpha value is -2.33. The van der Waals surface area contributed by atoms with Crippen LogP contribution >= 0.6 is 0 Å². The molecule has 21 heavy (non-hydrogen) atoms. The van der Waals surface area contributed by atoms with E-state index in [0.29, 0.717) is 12.1 Å². The third-order valence-corrected chi connectivity index (χ3v) is 3.66. The Bertz CT molecular complexity index is 780. The molecular formula is C17H17FN2O. The third-order valence-electron chi connectivity index (χ3n) is 3.66. The minimum atomic E-state index is -0.247. The number of nitrogens with zero attached hydrogens (tertiary/aromatic N) is 1. The first-order chi connectivity index (χ1) is 10.2. The zero-order chi connectivity index (χ0) is 14.8. The number of aromatic nitrogens is 1. The van der Waals surface area contributed by atoms with Crippen molar-refractivity contribution in [2.24, 2.45) is 5.73 Å². The van der Waals surface area contributed by atoms with Crippen LogP contribution in [0.25, 0.3) is 10.9 Å². The Kier molecular flexibility index (Phi) is 3.62. The number of rotatable bonds is 4. The Morgan fingerprint density at radius 1 is 1.14 bits per heavy atom. The van der Waals surface area contributed by atoms with Crippen molar-refractivity contribution >= 4 is 10.9 Å². The molecule has 108 valence electrons. The number of nitrogens with two attached hydrogens (primary N) is 1. The summed E-state index contributed by atoms with van der Waals surface area (Å²) >= 11 is 0. The van der Waals surface area contributed by atoms with Crippen molar-refractivity contribution in [3.05, 3.63) is 65.6 Å². The van der Waals surface area contributed by atoms with Crippen molar-refractivity contribution in [1.82, 2.24) is 4.57 Å². The highest BCUT2D eigenvalue weighted by atomic mass is 19.1. The molecule has 0 saturated carbocycles. The first kappa shape index (κ1) is 13.6. The topological polar surface area (TPSA) is 40.2 Å². The van der Waals surface area contributed by atoms with Crippen LogP contribution < -0.4 is 10.5 Å². The van der Waals surface area contributed by atoms with Gasteiger partial charge in [0.2, 0.25) is 0 Å². The maximum absolute atomic E-state index is 13.5. The van der Waals surface area contributed by atoms with E-state index < -0.39 is 0 Å². The van der Waals surface area contributed by atoms with Gasteiger partial charge in [-0.15, -0.1) is 0 Å². The molecule has 1 aromatic heterocycles. The normalized spacial score (nSPS) is 11.0. The Balaban J connectivity index is 1.94. The van der Waals surface area contributed by atoms with Gasteiger partial charge in [-0.05, 0) is 42.0 Å². The molecule has 4 heteroatoms. The lowest BCUT2D eigenvalue weighted by Crippen LogP contribution is -2.03. The van der Waals surface area contributed by atoms with Gasteiger partial charge in [0.05, 0.1) is 7.11 Å². The fraction of sp³-hybridized carbons (Fsp3) is 0.176. The van der Waals surface area contributed by atoms with Crippen molar-refractivity contribution in [3.63, 3.8) is 0 Å². The second-order valence-electron chi connectivity index (χ2n) is 5.00. The van der Waals surface area contributed by atoms with Gasteiger partial charge in [-0.1, -0.05) is 6.07 Å². The molecule has 0 aliphatic carbocycles. The molecule has 0 aliphatic rings. The summed E-state index contributed by atoms with van der Waals surface area (Å²) in [6.07, 6.45) is 2.02. The lowest BCUT2D eigenvalue weighted by molar-refractivity contribution is 0.415. The fourth-order valence-corrected chi connectivity index (χ4v) is 2.52. The van der Waals surface area contributed by atoms with Gasteiger partial charge in [0.25, 0.3) is 0 Å². The maximum atomic E-state index is 13.5. The quantitative estimate of drug-likeness (QED) is 0.798. The van der Waals surface area contributed by atoms with Gasteiger partial charge in [0, 0.05) is 35.8 Å². The van der Waals surface area contributed by atoms with E-state index in [1.165, 1.54) is 6.07 Å². The van der Waals surface area contributed by atoms with E-state index in [4.69, 9.17) is 10.5 Å². The largest absolute Gasteiger partial charge is 0.497 e. The molecule has 3 nitrogen and oxygen atoms in total. The summed E-state index contributed by atoms with van der Waals surface area (Å²) in [5, 5.41) is 1.12. The van der Waals surface area contributed by atoms with Crippen LogP contribution in [-0.4, -0.2) is 11.7 Å². The molecule has 0 fully saturated rings. The molecule has 1 heterocycles. The summed E-state index contributed by atoms with van der Waals surface area (Å²) in [6.45, 7) is 0.895. The molecule has 3 aromatic rings. The second-order valence-corrected chi connectivity index (χ2v) is 5.00. The van der Waals surface area contributed by atoms with Crippen LogP contribution in [0.1, 0.15) is 11.1 Å². The summed E-state index contributed by atoms with van der Waals surface area (Å²) in [5.74, 6) is 0.593. The molecule has 0 bridgehead atoms. The van der Waals surface area contributed by atoms with Crippen LogP contribution in [0.3, 0.4) is 0 Å². The average molecular weight is 284 g/mol. The number of benzene rings is 2. The smallest absolute Gasteiger partial charge is 0.127 e. The van der Waals surface area contributed by atoms with E-state index in [9.17, 15) is 4.39 Å². The molecule has 0 radical (unpaired) electrons. The van der Waals surface area contributed by atoms with E-state index in [2.05, 4.69) is 4.57 Å². The molecule has 0 saturated heterocycles. The van der Waals surface area contributed by atoms with Gasteiger partial charge in [0.15, 0.2) is 0 Å². The Morgan fingerprint density at radius 2 is 2.00 bits per heavy atom. The number of ether oxygens (including phenoxy) is 1. The number of fused-ring (bicyclic) bond motifs is 1. The first-order valence-corrected chi connectivity index (χ1v) is 6.81. The minimum Gasteiger partial charge on any atom is -0.497 e. The highest BCUT2D eigenvalue weighted by molar-refractivity contribution is 5.81. The number of methoxy groups -OCH3 is 1. The van der Waals surface area contributed by atoms with Crippen LogP contribution in [0.4, 0.5) is 4.39 Å². The standard InChI is InChI=1S/C17H17FN2O/c1-21-15-3-5-17-13(9-15)6-7-20(17)11-12-2-4-16(18)14(8-12)10-19/h2-9H,10-11,19H2,1H3. The van der Waals surface area contributed by atoms with Gasteiger partial charge in [-0.25, -0.2) is 4.39 Å². The van der Waals surface area contributed by atoms with Crippen molar-refractivity contribution in [1.29, 1.82) is 0 Å². The second kappa shape index (κ2) is 5.58. The zero-order valence-electron chi connectivity index (χ0n) is 11.8. The van der Waals surface area contributed by atoms with E-state index in [1.54, 1.807) is 13.2 Å². The summed E-state index contributed by atoms with van der Waals surface area (Å²) in [6, 6.07) is 13.1. The first-order valence-electron chi connectivity index (χ1n) is 6.81. The van der Waals surface area contributed by atoms with Crippen LogP contribution in [-0.2, 0) is 13.1 Å². The molecule has 2 aromatic carbocycles. The minimum absolute atomic E-state index is 0.212. The predicted octanol–water partition coefficient (Wildman–Crippen LogP) is 3.30. The van der Waals surface area contributed by atoms with E-state index in [1.807, 2.05) is 36.5 Å². The maximum Gasteiger partial charge on any atom is 0.127 e. The number of halogens is 1. The zero-order valence-corrected chi connectivity index (χ0v) is 11.8. The van der Waals surface area contributed by atoms with Crippen LogP contribution in [0.5, 0.6) is 5.75 Å². The van der Waals surface area contributed by atoms with Crippen molar-refractivity contribution in [3.8, 4) is 5.75 Å². The fourth-order valence-electron chi connectivity index (χ4n) is 2.52. The van der Waals surface area contributed by atoms with Gasteiger partial charge in [0.1, 0.15) is 11.6 Å². The summed E-state index contributed by atoms with van der Waals surface area (Å²) in [7, 11) is 1.66. The van der Waals surface area contributed by atoms with Crippen molar-refractivity contribution in [2.45, 2.75) is 13.1 Å². The molecule has 0 aliphatic heterocycles. The lowest BCUT2D eigenvalue weighted by Gasteiger charge is -2.08. The number of hydrogen-bond acceptors (Lipinski definition) is 2. The molecule has 3 rings (SSSR count). The molecular weight excluding hydrogens is 267 g/mol. The van der Waals surface area contributed by atoms with Crippen LogP contribution in [0, 0.1) is 5.82 Å². The SMILES string of the molecule is COc1ccc2c(ccn2Cc2ccc(F)c(CN)c2)c1. The average Bonchev–Trinajstić information content (AvgIpc) is 2.91. The van der Waals surface area contributed by atoms with Gasteiger partial charge < -0.3 is 15.0 Å². The summed E-state index contributed by atoms with van der Waals surface area (Å²) in [4.78, 5) is 0. The molecule has 0 unspecified atom stereocenters. The Morgan fingerprint density at radius 3 is 2.76 bits per heavy atom. The van der Waals surface area contributed by atoms with Crippen molar-refractivity contribution < 1.29 is 9.13 Å². The van der Waals surface area contributed by atoms with Gasteiger partial charge in [-0.2, -0.15) is 0 Å². The highest BCUT2D eigenvalue weighted by Gasteiger charge is 2.06. The third kappa shape index (κ3) is 2.62. The van der Waals surface area contributed by atoms with E-state index >= 15 is 0 Å². The van der Waals surface area contributed by atoms with Crippen molar-refractivity contribution in [2.75, 3.05) is 7.11 Å². The molecule has 0 atom stereocenters. The Labute approximate surface area is 122 Å². The molecule has 2 N–H and O–H groups in total. The predicted molar refractivity (Wildman–Crippen MR) is 81.9 cm³/mol. The lowest BCUT2D eigenvalue weighted by atomic mass is 10.1.